The number of nitriles is 1. The summed E-state index contributed by atoms with van der Waals surface area (Å²) in [7, 11) is 0. The van der Waals surface area contributed by atoms with Crippen LogP contribution in [0.3, 0.4) is 0 Å². The van der Waals surface area contributed by atoms with Gasteiger partial charge in [0.2, 0.25) is 5.78 Å². The minimum atomic E-state index is -0.743. The molecule has 0 amide bonds. The summed E-state index contributed by atoms with van der Waals surface area (Å²) < 4.78 is 4.88. The first kappa shape index (κ1) is 14.3. The second kappa shape index (κ2) is 5.88. The Morgan fingerprint density at radius 3 is 2.81 bits per heavy atom. The van der Waals surface area contributed by atoms with Crippen LogP contribution in [0.15, 0.2) is 35.5 Å². The Bertz CT molecular complexity index is 779. The van der Waals surface area contributed by atoms with Gasteiger partial charge in [0.1, 0.15) is 11.6 Å². The average Bonchev–Trinajstić information content (AvgIpc) is 2.89. The number of Topliss-reactive ketones (excluding diaryl/α,β-unsaturated/α-hetero) is 1. The number of ketones is 1. The molecule has 0 unspecified atom stereocenters. The van der Waals surface area contributed by atoms with E-state index in [0.29, 0.717) is 10.9 Å². The molecular weight excluding hydrogens is 272 g/mol. The topological polar surface area (TPSA) is 122 Å². The highest BCUT2D eigenvalue weighted by molar-refractivity contribution is 6.04. The Morgan fingerprint density at radius 2 is 2.14 bits per heavy atom. The van der Waals surface area contributed by atoms with Gasteiger partial charge in [0.15, 0.2) is 12.3 Å². The maximum absolute atomic E-state index is 11.9. The molecule has 0 aliphatic rings. The molecule has 0 aliphatic carbocycles. The van der Waals surface area contributed by atoms with Crippen LogP contribution in [0.5, 0.6) is 0 Å². The predicted molar refractivity (Wildman–Crippen MR) is 73.9 cm³/mol. The van der Waals surface area contributed by atoms with E-state index < -0.39 is 18.4 Å². The molecule has 0 bridgehead atoms. The zero-order chi connectivity index (χ0) is 15.4. The van der Waals surface area contributed by atoms with Crippen LogP contribution in [-0.2, 0) is 9.53 Å². The fourth-order valence-electron chi connectivity index (χ4n) is 1.76. The van der Waals surface area contributed by atoms with Crippen LogP contribution in [0.2, 0.25) is 0 Å². The Hall–Kier alpha value is -3.14. The molecule has 0 saturated carbocycles. The van der Waals surface area contributed by atoms with Crippen LogP contribution in [0, 0.1) is 11.3 Å². The zero-order valence-corrected chi connectivity index (χ0v) is 11.2. The van der Waals surface area contributed by atoms with Crippen LogP contribution < -0.4 is 5.73 Å². The number of carbonyl (C=O) groups excluding carboxylic acids is 2. The Balaban J connectivity index is 2.11. The molecule has 1 aromatic heterocycles. The van der Waals surface area contributed by atoms with Crippen molar-refractivity contribution in [1.82, 2.24) is 10.2 Å². The number of hydrogen-bond acceptors (Lipinski definition) is 6. The monoisotopic (exact) mass is 284 g/mol. The molecule has 106 valence electrons. The lowest BCUT2D eigenvalue weighted by Crippen LogP contribution is -2.18. The number of carbonyl (C=O) groups is 2. The summed E-state index contributed by atoms with van der Waals surface area (Å²) in [5.41, 5.74) is 6.05. The van der Waals surface area contributed by atoms with Gasteiger partial charge < -0.3 is 10.5 Å². The van der Waals surface area contributed by atoms with Crippen molar-refractivity contribution in [2.75, 3.05) is 6.61 Å². The zero-order valence-electron chi connectivity index (χ0n) is 11.2. The van der Waals surface area contributed by atoms with E-state index in [2.05, 4.69) is 10.2 Å². The number of fused-ring (bicyclic) bond motifs is 1. The molecule has 0 spiro atoms. The number of nitrogens with one attached hydrogen (secondary N) is 1. The van der Waals surface area contributed by atoms with E-state index in [1.54, 1.807) is 30.3 Å². The number of hydrogen-bond donors (Lipinski definition) is 2. The van der Waals surface area contributed by atoms with Crippen LogP contribution in [0.25, 0.3) is 10.9 Å². The van der Waals surface area contributed by atoms with Crippen LogP contribution in [0.4, 0.5) is 0 Å². The van der Waals surface area contributed by atoms with Crippen molar-refractivity contribution in [3.05, 3.63) is 41.2 Å². The van der Waals surface area contributed by atoms with Crippen molar-refractivity contribution in [3.8, 4) is 6.07 Å². The lowest BCUT2D eigenvalue weighted by atomic mass is 10.1. The molecule has 0 radical (unpaired) electrons. The highest BCUT2D eigenvalue weighted by atomic mass is 16.5. The summed E-state index contributed by atoms with van der Waals surface area (Å²) in [4.78, 5) is 23.6. The number of nitrogens with zero attached hydrogens (tertiary/aromatic N) is 2. The molecule has 3 N–H and O–H groups in total. The SMILES string of the molecule is CC(N)=C(C#N)C(=O)COC(=O)c1n[nH]c2ccccc12. The van der Waals surface area contributed by atoms with E-state index in [0.717, 1.165) is 0 Å². The van der Waals surface area contributed by atoms with E-state index in [1.165, 1.54) is 6.92 Å². The van der Waals surface area contributed by atoms with E-state index in [9.17, 15) is 9.59 Å². The van der Waals surface area contributed by atoms with Crippen molar-refractivity contribution in [2.45, 2.75) is 6.92 Å². The molecular formula is C14H12N4O3. The summed E-state index contributed by atoms with van der Waals surface area (Å²) in [6, 6.07) is 8.71. The molecule has 1 heterocycles. The van der Waals surface area contributed by atoms with E-state index in [1.807, 2.05) is 0 Å². The molecule has 2 aromatic rings. The molecule has 2 rings (SSSR count). The van der Waals surface area contributed by atoms with Crippen molar-refractivity contribution in [1.29, 1.82) is 5.26 Å². The molecule has 0 fully saturated rings. The average molecular weight is 284 g/mol. The minimum Gasteiger partial charge on any atom is -0.452 e. The summed E-state index contributed by atoms with van der Waals surface area (Å²) in [6.07, 6.45) is 0. The molecule has 7 heteroatoms. The van der Waals surface area contributed by atoms with Crippen molar-refractivity contribution >= 4 is 22.7 Å². The quantitative estimate of drug-likeness (QED) is 0.491. The Labute approximate surface area is 120 Å². The van der Waals surface area contributed by atoms with Gasteiger partial charge in [0, 0.05) is 11.1 Å². The molecule has 0 aliphatic heterocycles. The van der Waals surface area contributed by atoms with Crippen molar-refractivity contribution in [3.63, 3.8) is 0 Å². The van der Waals surface area contributed by atoms with Gasteiger partial charge in [0.25, 0.3) is 0 Å². The largest absolute Gasteiger partial charge is 0.452 e. The number of aromatic amines is 1. The Kier molecular flexibility index (Phi) is 4.00. The fourth-order valence-corrected chi connectivity index (χ4v) is 1.76. The van der Waals surface area contributed by atoms with Crippen molar-refractivity contribution in [2.24, 2.45) is 5.73 Å². The first-order valence-corrected chi connectivity index (χ1v) is 6.04. The van der Waals surface area contributed by atoms with E-state index >= 15 is 0 Å². The van der Waals surface area contributed by atoms with Gasteiger partial charge in [-0.25, -0.2) is 4.79 Å². The second-order valence-electron chi connectivity index (χ2n) is 4.29. The molecule has 7 nitrogen and oxygen atoms in total. The number of ether oxygens (including phenoxy) is 1. The van der Waals surface area contributed by atoms with Crippen molar-refractivity contribution < 1.29 is 14.3 Å². The lowest BCUT2D eigenvalue weighted by molar-refractivity contribution is -0.118. The van der Waals surface area contributed by atoms with Gasteiger partial charge in [-0.1, -0.05) is 18.2 Å². The van der Waals surface area contributed by atoms with E-state index in [4.69, 9.17) is 15.7 Å². The van der Waals surface area contributed by atoms with Gasteiger partial charge in [-0.15, -0.1) is 0 Å². The summed E-state index contributed by atoms with van der Waals surface area (Å²) in [6.45, 7) is 0.872. The normalized spacial score (nSPS) is 11.6. The third-order valence-corrected chi connectivity index (χ3v) is 2.78. The number of rotatable bonds is 4. The standard InChI is InChI=1S/C14H12N4O3/c1-8(16)10(6-15)12(19)7-21-14(20)13-9-4-2-3-5-11(9)17-18-13/h2-5H,7,16H2,1H3,(H,17,18). The fraction of sp³-hybridized carbons (Fsp3) is 0.143. The first-order valence-electron chi connectivity index (χ1n) is 6.04. The number of benzene rings is 1. The summed E-state index contributed by atoms with van der Waals surface area (Å²) in [5, 5.41) is 15.9. The molecule has 1 aromatic carbocycles. The van der Waals surface area contributed by atoms with Crippen LogP contribution in [0.1, 0.15) is 17.4 Å². The number of para-hydroxylation sites is 1. The van der Waals surface area contributed by atoms with E-state index in [-0.39, 0.29) is 17.0 Å². The van der Waals surface area contributed by atoms with Crippen LogP contribution >= 0.6 is 0 Å². The molecule has 21 heavy (non-hydrogen) atoms. The number of esters is 1. The Morgan fingerprint density at radius 1 is 1.43 bits per heavy atom. The van der Waals surface area contributed by atoms with Gasteiger partial charge in [-0.05, 0) is 13.0 Å². The van der Waals surface area contributed by atoms with Gasteiger partial charge in [-0.2, -0.15) is 10.4 Å². The number of H-pyrrole nitrogens is 1. The molecule has 0 atom stereocenters. The highest BCUT2D eigenvalue weighted by Gasteiger charge is 2.18. The third-order valence-electron chi connectivity index (χ3n) is 2.78. The highest BCUT2D eigenvalue weighted by Crippen LogP contribution is 2.15. The maximum atomic E-state index is 11.9. The first-order chi connectivity index (χ1) is 10.0. The summed E-state index contributed by atoms with van der Waals surface area (Å²) in [5.74, 6) is -1.39. The molecule has 0 saturated heterocycles. The number of aromatic nitrogens is 2. The maximum Gasteiger partial charge on any atom is 0.359 e. The second-order valence-corrected chi connectivity index (χ2v) is 4.29. The van der Waals surface area contributed by atoms with Gasteiger partial charge >= 0.3 is 5.97 Å². The predicted octanol–water partition coefficient (Wildman–Crippen LogP) is 1.05. The summed E-state index contributed by atoms with van der Waals surface area (Å²) >= 11 is 0. The number of allylic oxidation sites excluding steroid dienone is 1. The minimum absolute atomic E-state index is 0.0868. The third kappa shape index (κ3) is 2.90. The van der Waals surface area contributed by atoms with Gasteiger partial charge in [-0.3, -0.25) is 9.89 Å². The number of nitrogens with two attached hydrogens (primary N) is 1. The van der Waals surface area contributed by atoms with Gasteiger partial charge in [0.05, 0.1) is 5.52 Å². The smallest absolute Gasteiger partial charge is 0.359 e. The van der Waals surface area contributed by atoms with Crippen LogP contribution in [-0.4, -0.2) is 28.6 Å². The lowest BCUT2D eigenvalue weighted by Gasteiger charge is -2.03.